The van der Waals surface area contributed by atoms with Gasteiger partial charge in [-0.15, -0.1) is 34.5 Å². The number of hydrogen-bond acceptors (Lipinski definition) is 1. The molecule has 2 aromatic rings. The summed E-state index contributed by atoms with van der Waals surface area (Å²) in [7, 11) is -0.880. The van der Waals surface area contributed by atoms with Crippen LogP contribution >= 0.6 is 0 Å². The zero-order valence-electron chi connectivity index (χ0n) is 15.2. The van der Waals surface area contributed by atoms with Crippen LogP contribution in [-0.4, -0.2) is 13.8 Å². The van der Waals surface area contributed by atoms with Crippen LogP contribution in [0, 0.1) is 6.92 Å². The van der Waals surface area contributed by atoms with Crippen LogP contribution in [0.4, 0.5) is 0 Å². The molecule has 128 valence electrons. The van der Waals surface area contributed by atoms with E-state index in [0.717, 1.165) is 0 Å². The number of fused-ring (bicyclic) bond motifs is 1. The van der Waals surface area contributed by atoms with Gasteiger partial charge in [-0.3, -0.25) is 0 Å². The van der Waals surface area contributed by atoms with Crippen molar-refractivity contribution in [1.29, 1.82) is 0 Å². The molecule has 0 aliphatic rings. The molecule has 0 heterocycles. The van der Waals surface area contributed by atoms with E-state index in [1.165, 1.54) is 21.9 Å². The topological polar surface area (TPSA) is 20.2 Å². The fourth-order valence-corrected chi connectivity index (χ4v) is 2.62. The van der Waals surface area contributed by atoms with E-state index < -0.39 is 9.04 Å². The van der Waals surface area contributed by atoms with Crippen molar-refractivity contribution in [3.05, 3.63) is 41.0 Å². The Morgan fingerprint density at radius 3 is 1.87 bits per heavy atom. The SMILES string of the molecule is C[Si](C)O.Cc1cc2c(C(C)C)c(C(C)C)ccc2[cH-]1.[Cl-].[Cl-].[Zr+3]. The Morgan fingerprint density at radius 1 is 1.00 bits per heavy atom. The van der Waals surface area contributed by atoms with Crippen LogP contribution in [0.25, 0.3) is 10.8 Å². The standard InChI is InChI=1S/C16H21.C2H7OSi.2ClH.Zr/c1-10(2)14-7-6-13-8-12(5)9-15(13)16(14)11(3)4;1-4(2)3;;;/h6-11H,1-5H3;3H,1-2H3;2*1H;/q-1;;;;+3/p-2. The van der Waals surface area contributed by atoms with E-state index >= 15 is 0 Å². The maximum atomic E-state index is 8.16. The summed E-state index contributed by atoms with van der Waals surface area (Å²) in [6.07, 6.45) is 0. The molecule has 0 aliphatic carbocycles. The quantitative estimate of drug-likeness (QED) is 0.476. The van der Waals surface area contributed by atoms with Gasteiger partial charge in [-0.1, -0.05) is 45.7 Å². The smallest absolute Gasteiger partial charge is 1.00 e. The van der Waals surface area contributed by atoms with E-state index in [4.69, 9.17) is 4.80 Å². The van der Waals surface area contributed by atoms with Gasteiger partial charge in [0, 0.05) is 0 Å². The number of hydrogen-bond donors (Lipinski definition) is 1. The second kappa shape index (κ2) is 12.8. The fourth-order valence-electron chi connectivity index (χ4n) is 2.62. The molecule has 0 amide bonds. The minimum absolute atomic E-state index is 0. The monoisotopic (exact) mass is 448 g/mol. The predicted octanol–water partition coefficient (Wildman–Crippen LogP) is -0.651. The molecule has 0 atom stereocenters. The second-order valence-corrected chi connectivity index (χ2v) is 8.26. The van der Waals surface area contributed by atoms with Crippen LogP contribution < -0.4 is 24.8 Å². The van der Waals surface area contributed by atoms with Crippen molar-refractivity contribution < 1.29 is 55.8 Å². The van der Waals surface area contributed by atoms with Crippen molar-refractivity contribution in [2.75, 3.05) is 0 Å². The Kier molecular flexibility index (Phi) is 15.7. The first-order valence-electron chi connectivity index (χ1n) is 7.43. The molecule has 5 heteroatoms. The van der Waals surface area contributed by atoms with E-state index in [2.05, 4.69) is 58.9 Å². The average molecular weight is 451 g/mol. The van der Waals surface area contributed by atoms with Gasteiger partial charge < -0.3 is 29.6 Å². The van der Waals surface area contributed by atoms with Gasteiger partial charge in [0.2, 0.25) is 0 Å². The molecular formula is C18H28Cl2OSiZr. The maximum absolute atomic E-state index is 8.16. The van der Waals surface area contributed by atoms with Gasteiger partial charge in [-0.25, -0.2) is 0 Å². The molecule has 2 aromatic carbocycles. The zero-order chi connectivity index (χ0) is 15.4. The van der Waals surface area contributed by atoms with E-state index in [1.54, 1.807) is 5.56 Å². The molecular weight excluding hydrogens is 422 g/mol. The van der Waals surface area contributed by atoms with Crippen molar-refractivity contribution in [2.45, 2.75) is 59.5 Å². The number of aryl methyl sites for hydroxylation is 1. The van der Waals surface area contributed by atoms with Crippen LogP contribution in [0.15, 0.2) is 24.3 Å². The third kappa shape index (κ3) is 8.40. The largest absolute Gasteiger partial charge is 3.00 e. The first kappa shape index (κ1) is 28.3. The summed E-state index contributed by atoms with van der Waals surface area (Å²) in [4.78, 5) is 8.16. The third-order valence-corrected chi connectivity index (χ3v) is 3.31. The molecule has 1 nitrogen and oxygen atoms in total. The summed E-state index contributed by atoms with van der Waals surface area (Å²) in [5.74, 6) is 1.21. The van der Waals surface area contributed by atoms with Gasteiger partial charge in [0.15, 0.2) is 9.04 Å². The first-order chi connectivity index (χ1) is 9.23. The Hall–Kier alpha value is 0.470. The van der Waals surface area contributed by atoms with Crippen molar-refractivity contribution in [2.24, 2.45) is 0 Å². The molecule has 23 heavy (non-hydrogen) atoms. The second-order valence-electron chi connectivity index (χ2n) is 6.36. The Balaban J connectivity index is -0.000000517. The van der Waals surface area contributed by atoms with E-state index in [-0.39, 0.29) is 51.0 Å². The molecule has 0 unspecified atom stereocenters. The normalized spacial score (nSPS) is 9.87. The Labute approximate surface area is 175 Å². The fraction of sp³-hybridized carbons (Fsp3) is 0.500. The molecule has 0 aromatic heterocycles. The maximum Gasteiger partial charge on any atom is 3.00 e. The summed E-state index contributed by atoms with van der Waals surface area (Å²) in [6.45, 7) is 15.0. The summed E-state index contributed by atoms with van der Waals surface area (Å²) in [5, 5.41) is 2.85. The van der Waals surface area contributed by atoms with Crippen molar-refractivity contribution >= 4 is 19.8 Å². The van der Waals surface area contributed by atoms with E-state index in [9.17, 15) is 0 Å². The van der Waals surface area contributed by atoms with Crippen molar-refractivity contribution in [1.82, 2.24) is 0 Å². The molecule has 0 saturated heterocycles. The number of rotatable bonds is 2. The Bertz CT molecular complexity index is 563. The zero-order valence-corrected chi connectivity index (χ0v) is 20.1. The average Bonchev–Trinajstić information content (AvgIpc) is 2.66. The van der Waals surface area contributed by atoms with E-state index in [0.29, 0.717) is 11.8 Å². The van der Waals surface area contributed by atoms with Gasteiger partial charge in [0.05, 0.1) is 0 Å². The van der Waals surface area contributed by atoms with Crippen LogP contribution in [0.1, 0.15) is 56.2 Å². The van der Waals surface area contributed by atoms with Gasteiger partial charge >= 0.3 is 26.2 Å². The molecule has 0 aliphatic heterocycles. The minimum atomic E-state index is -0.880. The van der Waals surface area contributed by atoms with Gasteiger partial charge in [0.25, 0.3) is 0 Å². The van der Waals surface area contributed by atoms with Gasteiger partial charge in [0.1, 0.15) is 0 Å². The van der Waals surface area contributed by atoms with Gasteiger partial charge in [-0.05, 0) is 24.9 Å². The number of halogens is 2. The van der Waals surface area contributed by atoms with E-state index in [1.807, 2.05) is 13.1 Å². The third-order valence-electron chi connectivity index (χ3n) is 3.31. The number of benzene rings is 1. The summed E-state index contributed by atoms with van der Waals surface area (Å²) in [5.41, 5.74) is 4.42. The van der Waals surface area contributed by atoms with Crippen LogP contribution in [0.5, 0.6) is 0 Å². The molecule has 0 saturated carbocycles. The molecule has 0 spiro atoms. The summed E-state index contributed by atoms with van der Waals surface area (Å²) >= 11 is 0. The summed E-state index contributed by atoms with van der Waals surface area (Å²) < 4.78 is 0. The first-order valence-corrected chi connectivity index (χ1v) is 9.87. The van der Waals surface area contributed by atoms with Crippen molar-refractivity contribution in [3.63, 3.8) is 0 Å². The summed E-state index contributed by atoms with van der Waals surface area (Å²) in [6, 6.07) is 9.19. The minimum Gasteiger partial charge on any atom is -1.00 e. The molecule has 0 bridgehead atoms. The molecule has 0 fully saturated rings. The van der Waals surface area contributed by atoms with Crippen LogP contribution in [0.3, 0.4) is 0 Å². The molecule has 1 N–H and O–H groups in total. The van der Waals surface area contributed by atoms with Crippen LogP contribution in [-0.2, 0) is 26.2 Å². The predicted molar refractivity (Wildman–Crippen MR) is 92.2 cm³/mol. The Morgan fingerprint density at radius 2 is 1.48 bits per heavy atom. The molecule has 2 rings (SSSR count). The molecule has 2 radical (unpaired) electrons. The van der Waals surface area contributed by atoms with Crippen LogP contribution in [0.2, 0.25) is 13.1 Å². The van der Waals surface area contributed by atoms with Gasteiger partial charge in [-0.2, -0.15) is 6.07 Å². The van der Waals surface area contributed by atoms with Crippen molar-refractivity contribution in [3.8, 4) is 0 Å².